The number of carbonyl (C=O) groups is 4. The van der Waals surface area contributed by atoms with Crippen molar-refractivity contribution in [3.05, 3.63) is 35.4 Å². The fraction of sp³-hybridized carbons (Fsp3) is 0.808. The van der Waals surface area contributed by atoms with Gasteiger partial charge in [0, 0.05) is 12.8 Å². The van der Waals surface area contributed by atoms with Gasteiger partial charge in [-0.1, -0.05) is 232 Å². The van der Waals surface area contributed by atoms with Gasteiger partial charge in [-0.3, -0.25) is 9.59 Å². The first-order valence-electron chi connectivity index (χ1n) is 25.1. The second kappa shape index (κ2) is 48.8. The van der Waals surface area contributed by atoms with Crippen molar-refractivity contribution in [3.63, 3.8) is 0 Å². The van der Waals surface area contributed by atoms with Crippen molar-refractivity contribution >= 4 is 23.9 Å². The van der Waals surface area contributed by atoms with Gasteiger partial charge in [0.2, 0.25) is 0 Å². The van der Waals surface area contributed by atoms with Crippen molar-refractivity contribution in [1.82, 2.24) is 0 Å². The Kier molecular flexibility index (Phi) is 48.1. The quantitative estimate of drug-likeness (QED) is 0.0494. The number of carbonyl (C=O) groups excluding carboxylic acids is 2. The normalized spacial score (nSPS) is 10.6. The number of carboxylic acids is 2. The van der Waals surface area contributed by atoms with Gasteiger partial charge in [0.05, 0.1) is 24.3 Å². The molecule has 0 fully saturated rings. The third-order valence-electron chi connectivity index (χ3n) is 10.9. The largest absolute Gasteiger partial charge is 0.478 e. The molecule has 8 heteroatoms. The molecule has 60 heavy (non-hydrogen) atoms. The van der Waals surface area contributed by atoms with Gasteiger partial charge < -0.3 is 19.7 Å². The maximum atomic E-state index is 11.6. The van der Waals surface area contributed by atoms with Crippen LogP contribution in [-0.4, -0.2) is 47.3 Å². The van der Waals surface area contributed by atoms with Crippen LogP contribution >= 0.6 is 0 Å². The summed E-state index contributed by atoms with van der Waals surface area (Å²) in [6.45, 7) is 10.3. The molecule has 0 spiro atoms. The zero-order valence-electron chi connectivity index (χ0n) is 39.5. The van der Waals surface area contributed by atoms with E-state index in [1.165, 1.54) is 217 Å². The number of hydrogen-bond acceptors (Lipinski definition) is 6. The summed E-state index contributed by atoms with van der Waals surface area (Å²) in [5.74, 6) is -2.43. The fourth-order valence-electron chi connectivity index (χ4n) is 7.00. The molecular weight excluding hydrogens is 753 g/mol. The number of rotatable bonds is 40. The third kappa shape index (κ3) is 44.6. The lowest BCUT2D eigenvalue weighted by molar-refractivity contribution is -0.144. The van der Waals surface area contributed by atoms with E-state index in [1.807, 2.05) is 0 Å². The molecule has 0 saturated carbocycles. The van der Waals surface area contributed by atoms with Crippen molar-refractivity contribution in [2.75, 3.05) is 13.2 Å². The number of unbranched alkanes of at least 4 members (excludes halogenated alkanes) is 30. The second-order valence-electron chi connectivity index (χ2n) is 16.7. The highest BCUT2D eigenvalue weighted by atomic mass is 16.5. The third-order valence-corrected chi connectivity index (χ3v) is 10.9. The van der Waals surface area contributed by atoms with E-state index >= 15 is 0 Å². The molecule has 0 aliphatic carbocycles. The van der Waals surface area contributed by atoms with Gasteiger partial charge >= 0.3 is 23.9 Å². The molecule has 350 valence electrons. The Morgan fingerprint density at radius 1 is 0.350 bits per heavy atom. The molecule has 2 N–H and O–H groups in total. The van der Waals surface area contributed by atoms with Crippen LogP contribution in [0.4, 0.5) is 0 Å². The minimum absolute atomic E-state index is 0.0147. The molecule has 0 heterocycles. The zero-order valence-corrected chi connectivity index (χ0v) is 39.5. The predicted molar refractivity (Wildman–Crippen MR) is 251 cm³/mol. The van der Waals surface area contributed by atoms with E-state index in [0.29, 0.717) is 26.1 Å². The molecule has 0 amide bonds. The second-order valence-corrected chi connectivity index (χ2v) is 16.7. The Hall–Kier alpha value is -2.90. The monoisotopic (exact) mass is 847 g/mol. The lowest BCUT2D eigenvalue weighted by Gasteiger charge is -2.05. The Labute approximate surface area is 369 Å². The maximum Gasteiger partial charge on any atom is 0.336 e. The van der Waals surface area contributed by atoms with Crippen LogP contribution < -0.4 is 0 Å². The van der Waals surface area contributed by atoms with E-state index in [1.54, 1.807) is 0 Å². The van der Waals surface area contributed by atoms with Crippen molar-refractivity contribution in [2.45, 2.75) is 259 Å². The topological polar surface area (TPSA) is 127 Å². The molecule has 0 aromatic heterocycles. The van der Waals surface area contributed by atoms with Gasteiger partial charge in [0.1, 0.15) is 0 Å². The van der Waals surface area contributed by atoms with E-state index in [4.69, 9.17) is 19.7 Å². The minimum Gasteiger partial charge on any atom is -0.478 e. The predicted octanol–water partition coefficient (Wildman–Crippen LogP) is 16.3. The molecule has 0 saturated heterocycles. The summed E-state index contributed by atoms with van der Waals surface area (Å²) in [5.41, 5.74) is -0.380. The van der Waals surface area contributed by atoms with Crippen LogP contribution in [0.3, 0.4) is 0 Å². The van der Waals surface area contributed by atoms with Crippen LogP contribution in [0.1, 0.15) is 280 Å². The van der Waals surface area contributed by atoms with Gasteiger partial charge in [-0.2, -0.15) is 0 Å². The summed E-state index contributed by atoms with van der Waals surface area (Å²) in [6.07, 6.45) is 45.1. The number of ether oxygens (including phenoxy) is 2. The van der Waals surface area contributed by atoms with Crippen LogP contribution in [-0.2, 0) is 19.1 Å². The van der Waals surface area contributed by atoms with Gasteiger partial charge in [-0.25, -0.2) is 9.59 Å². The van der Waals surface area contributed by atoms with E-state index < -0.39 is 11.9 Å². The first-order chi connectivity index (χ1) is 29.2. The Morgan fingerprint density at radius 2 is 0.567 bits per heavy atom. The van der Waals surface area contributed by atoms with Crippen molar-refractivity contribution in [1.29, 1.82) is 0 Å². The molecule has 0 aliphatic rings. The first-order valence-corrected chi connectivity index (χ1v) is 25.1. The maximum absolute atomic E-state index is 11.6. The highest BCUT2D eigenvalue weighted by Crippen LogP contribution is 2.14. The lowest BCUT2D eigenvalue weighted by atomic mass is 10.1. The van der Waals surface area contributed by atoms with E-state index in [0.717, 1.165) is 25.7 Å². The summed E-state index contributed by atoms with van der Waals surface area (Å²) < 4.78 is 10.6. The van der Waals surface area contributed by atoms with Crippen LogP contribution in [0, 0.1) is 0 Å². The Morgan fingerprint density at radius 3 is 0.800 bits per heavy atom. The first kappa shape index (κ1) is 59.2. The summed E-state index contributed by atoms with van der Waals surface area (Å²) in [7, 11) is 0. The Balaban J connectivity index is 0. The van der Waals surface area contributed by atoms with E-state index in [2.05, 4.69) is 27.7 Å². The van der Waals surface area contributed by atoms with Crippen LogP contribution in [0.15, 0.2) is 24.3 Å². The summed E-state index contributed by atoms with van der Waals surface area (Å²) in [4.78, 5) is 44.2. The molecule has 1 aromatic carbocycles. The van der Waals surface area contributed by atoms with Crippen molar-refractivity contribution < 1.29 is 38.9 Å². The minimum atomic E-state index is -1.23. The average molecular weight is 847 g/mol. The number of carboxylic acid groups (broad SMARTS) is 2. The molecule has 8 nitrogen and oxygen atoms in total. The van der Waals surface area contributed by atoms with Gasteiger partial charge in [0.15, 0.2) is 0 Å². The standard InChI is InChI=1S/2C22H44O2.C8H6O4/c2*1-3-5-7-9-11-13-14-16-18-20-22(23)24-21-19-17-15-12-10-8-6-4-2;9-7(10)5-3-1-2-4-6(5)8(11)12/h2*3-21H2,1-2H3;1-4H,(H,9,10)(H,11,12). The smallest absolute Gasteiger partial charge is 0.336 e. The van der Waals surface area contributed by atoms with Crippen LogP contribution in [0.5, 0.6) is 0 Å². The molecular formula is C52H94O8. The van der Waals surface area contributed by atoms with Gasteiger partial charge in [-0.15, -0.1) is 0 Å². The van der Waals surface area contributed by atoms with Crippen LogP contribution in [0.25, 0.3) is 0 Å². The molecule has 0 radical (unpaired) electrons. The van der Waals surface area contributed by atoms with Gasteiger partial charge in [-0.05, 0) is 37.8 Å². The summed E-state index contributed by atoms with van der Waals surface area (Å²) >= 11 is 0. The number of esters is 2. The van der Waals surface area contributed by atoms with E-state index in [9.17, 15) is 19.2 Å². The van der Waals surface area contributed by atoms with E-state index in [-0.39, 0.29) is 23.1 Å². The van der Waals surface area contributed by atoms with Crippen LogP contribution in [0.2, 0.25) is 0 Å². The summed E-state index contributed by atoms with van der Waals surface area (Å²) in [5, 5.41) is 17.1. The highest BCUT2D eigenvalue weighted by Gasteiger charge is 2.13. The number of aromatic carboxylic acids is 2. The molecule has 0 atom stereocenters. The highest BCUT2D eigenvalue weighted by molar-refractivity contribution is 6.01. The van der Waals surface area contributed by atoms with Crippen molar-refractivity contribution in [3.8, 4) is 0 Å². The Bertz CT molecular complexity index is 970. The number of hydrogen-bond donors (Lipinski definition) is 2. The van der Waals surface area contributed by atoms with Gasteiger partial charge in [0.25, 0.3) is 0 Å². The van der Waals surface area contributed by atoms with Crippen molar-refractivity contribution in [2.24, 2.45) is 0 Å². The molecule has 1 aromatic rings. The molecule has 0 bridgehead atoms. The zero-order chi connectivity index (χ0) is 44.6. The molecule has 1 rings (SSSR count). The average Bonchev–Trinajstić information content (AvgIpc) is 3.24. The fourth-order valence-corrected chi connectivity index (χ4v) is 7.00. The SMILES string of the molecule is CCCCCCCCCCCC(=O)OCCCCCCCCCC.CCCCCCCCCCCC(=O)OCCCCCCCCCC.O=C(O)c1ccccc1C(=O)O. The molecule has 0 unspecified atom stereocenters. The lowest BCUT2D eigenvalue weighted by Crippen LogP contribution is -2.06. The molecule has 0 aliphatic heterocycles. The number of benzene rings is 1. The summed E-state index contributed by atoms with van der Waals surface area (Å²) in [6, 6.07) is 5.48.